The van der Waals surface area contributed by atoms with E-state index in [0.29, 0.717) is 5.56 Å². The van der Waals surface area contributed by atoms with Crippen molar-refractivity contribution in [2.24, 2.45) is 0 Å². The molecule has 2 aromatic carbocycles. The second-order valence-corrected chi connectivity index (χ2v) is 4.40. The highest BCUT2D eigenvalue weighted by Gasteiger charge is 2.13. The molecule has 0 spiro atoms. The standard InChI is InChI=1S/C16H11NO5/c18-15(13-3-1-2-4-14(13)16(19)20)10-7-11-5-8-12(9-6-11)17(21)22/h1-10H,(H,19,20). The number of aromatic carboxylic acids is 1. The zero-order valence-electron chi connectivity index (χ0n) is 11.3. The van der Waals surface area contributed by atoms with Crippen molar-refractivity contribution in [2.45, 2.75) is 0 Å². The van der Waals surface area contributed by atoms with Crippen LogP contribution in [0.1, 0.15) is 26.3 Å². The van der Waals surface area contributed by atoms with Gasteiger partial charge in [0.05, 0.1) is 10.5 Å². The summed E-state index contributed by atoms with van der Waals surface area (Å²) in [6.07, 6.45) is 2.72. The van der Waals surface area contributed by atoms with Gasteiger partial charge in [-0.15, -0.1) is 0 Å². The van der Waals surface area contributed by atoms with Crippen LogP contribution >= 0.6 is 0 Å². The molecule has 0 amide bonds. The molecule has 0 saturated carbocycles. The Morgan fingerprint density at radius 3 is 2.14 bits per heavy atom. The van der Waals surface area contributed by atoms with E-state index in [1.807, 2.05) is 0 Å². The number of non-ortho nitro benzene ring substituents is 1. The van der Waals surface area contributed by atoms with Crippen LogP contribution < -0.4 is 0 Å². The highest BCUT2D eigenvalue weighted by atomic mass is 16.6. The molecule has 0 unspecified atom stereocenters. The Labute approximate surface area is 125 Å². The number of ketones is 1. The Hall–Kier alpha value is -3.28. The van der Waals surface area contributed by atoms with Gasteiger partial charge in [0, 0.05) is 17.7 Å². The predicted molar refractivity (Wildman–Crippen MR) is 79.9 cm³/mol. The minimum absolute atomic E-state index is 0.0419. The van der Waals surface area contributed by atoms with Gasteiger partial charge in [-0.05, 0) is 29.8 Å². The third-order valence-electron chi connectivity index (χ3n) is 2.95. The number of hydrogen-bond acceptors (Lipinski definition) is 4. The Balaban J connectivity index is 2.21. The first kappa shape index (κ1) is 15.1. The van der Waals surface area contributed by atoms with Gasteiger partial charge in [0.1, 0.15) is 0 Å². The van der Waals surface area contributed by atoms with Crippen molar-refractivity contribution in [3.63, 3.8) is 0 Å². The first-order chi connectivity index (χ1) is 10.5. The number of allylic oxidation sites excluding steroid dienone is 1. The van der Waals surface area contributed by atoms with Gasteiger partial charge in [0.25, 0.3) is 5.69 Å². The number of benzene rings is 2. The van der Waals surface area contributed by atoms with E-state index in [1.165, 1.54) is 48.6 Å². The molecule has 0 radical (unpaired) electrons. The van der Waals surface area contributed by atoms with Gasteiger partial charge in [-0.1, -0.05) is 24.3 Å². The Morgan fingerprint density at radius 2 is 1.59 bits per heavy atom. The van der Waals surface area contributed by atoms with Crippen molar-refractivity contribution >= 4 is 23.5 Å². The molecule has 0 heterocycles. The average molecular weight is 297 g/mol. The summed E-state index contributed by atoms with van der Waals surface area (Å²) in [5, 5.41) is 19.6. The maximum Gasteiger partial charge on any atom is 0.336 e. The highest BCUT2D eigenvalue weighted by Crippen LogP contribution is 2.14. The summed E-state index contributed by atoms with van der Waals surface area (Å²) in [7, 11) is 0. The lowest BCUT2D eigenvalue weighted by Crippen LogP contribution is -2.06. The van der Waals surface area contributed by atoms with Crippen LogP contribution in [0.15, 0.2) is 54.6 Å². The quantitative estimate of drug-likeness (QED) is 0.395. The SMILES string of the molecule is O=C(O)c1ccccc1C(=O)C=Cc1ccc([N+](=O)[O-])cc1. The van der Waals surface area contributed by atoms with E-state index in [4.69, 9.17) is 5.11 Å². The largest absolute Gasteiger partial charge is 0.478 e. The van der Waals surface area contributed by atoms with E-state index in [-0.39, 0.29) is 16.8 Å². The molecule has 0 fully saturated rings. The predicted octanol–water partition coefficient (Wildman–Crippen LogP) is 3.19. The van der Waals surface area contributed by atoms with E-state index < -0.39 is 16.7 Å². The lowest BCUT2D eigenvalue weighted by Gasteiger charge is -2.01. The van der Waals surface area contributed by atoms with Gasteiger partial charge < -0.3 is 5.11 Å². The van der Waals surface area contributed by atoms with Crippen LogP contribution in [0.5, 0.6) is 0 Å². The topological polar surface area (TPSA) is 97.5 Å². The zero-order valence-corrected chi connectivity index (χ0v) is 11.3. The van der Waals surface area contributed by atoms with Gasteiger partial charge in [-0.25, -0.2) is 4.79 Å². The first-order valence-electron chi connectivity index (χ1n) is 6.28. The van der Waals surface area contributed by atoms with Crippen molar-refractivity contribution in [2.75, 3.05) is 0 Å². The number of carbonyl (C=O) groups is 2. The molecule has 22 heavy (non-hydrogen) atoms. The van der Waals surface area contributed by atoms with Crippen molar-refractivity contribution in [1.82, 2.24) is 0 Å². The van der Waals surface area contributed by atoms with E-state index >= 15 is 0 Å². The Morgan fingerprint density at radius 1 is 1.00 bits per heavy atom. The van der Waals surface area contributed by atoms with Crippen molar-refractivity contribution in [3.8, 4) is 0 Å². The fourth-order valence-electron chi connectivity index (χ4n) is 1.85. The third kappa shape index (κ3) is 3.43. The van der Waals surface area contributed by atoms with Crippen molar-refractivity contribution in [1.29, 1.82) is 0 Å². The summed E-state index contributed by atoms with van der Waals surface area (Å²) in [5.41, 5.74) is 0.584. The molecule has 2 aromatic rings. The third-order valence-corrected chi connectivity index (χ3v) is 2.95. The molecule has 0 aliphatic heterocycles. The van der Waals surface area contributed by atoms with Crippen molar-refractivity contribution in [3.05, 3.63) is 81.4 Å². The average Bonchev–Trinajstić information content (AvgIpc) is 2.53. The van der Waals surface area contributed by atoms with Crippen LogP contribution in [0.4, 0.5) is 5.69 Å². The monoisotopic (exact) mass is 297 g/mol. The summed E-state index contributed by atoms with van der Waals surface area (Å²) in [4.78, 5) is 33.2. The van der Waals surface area contributed by atoms with Crippen LogP contribution in [0.25, 0.3) is 6.08 Å². The van der Waals surface area contributed by atoms with Gasteiger partial charge >= 0.3 is 5.97 Å². The van der Waals surface area contributed by atoms with Gasteiger partial charge in [-0.3, -0.25) is 14.9 Å². The Kier molecular flexibility index (Phi) is 4.43. The van der Waals surface area contributed by atoms with Crippen LogP contribution in [-0.4, -0.2) is 21.8 Å². The lowest BCUT2D eigenvalue weighted by molar-refractivity contribution is -0.384. The maximum atomic E-state index is 12.1. The molecule has 1 N–H and O–H groups in total. The summed E-state index contributed by atoms with van der Waals surface area (Å²) in [6, 6.07) is 11.6. The smallest absolute Gasteiger partial charge is 0.336 e. The van der Waals surface area contributed by atoms with Crippen LogP contribution in [-0.2, 0) is 0 Å². The number of rotatable bonds is 5. The minimum Gasteiger partial charge on any atom is -0.478 e. The van der Waals surface area contributed by atoms with E-state index in [2.05, 4.69) is 0 Å². The summed E-state index contributed by atoms with van der Waals surface area (Å²) < 4.78 is 0. The molecular formula is C16H11NO5. The van der Waals surface area contributed by atoms with E-state index in [0.717, 1.165) is 0 Å². The molecule has 6 nitrogen and oxygen atoms in total. The lowest BCUT2D eigenvalue weighted by atomic mass is 10.0. The zero-order chi connectivity index (χ0) is 16.1. The number of carboxylic acids is 1. The number of nitrogens with zero attached hydrogens (tertiary/aromatic N) is 1. The molecule has 0 bridgehead atoms. The second-order valence-electron chi connectivity index (χ2n) is 4.40. The van der Waals surface area contributed by atoms with E-state index in [1.54, 1.807) is 12.1 Å². The molecular weight excluding hydrogens is 286 g/mol. The summed E-state index contributed by atoms with van der Waals surface area (Å²) in [5.74, 6) is -1.62. The normalized spacial score (nSPS) is 10.5. The molecule has 0 atom stereocenters. The van der Waals surface area contributed by atoms with Crippen LogP contribution in [0.3, 0.4) is 0 Å². The van der Waals surface area contributed by atoms with E-state index in [9.17, 15) is 19.7 Å². The first-order valence-corrected chi connectivity index (χ1v) is 6.28. The maximum absolute atomic E-state index is 12.1. The number of nitro benzene ring substituents is 1. The van der Waals surface area contributed by atoms with Gasteiger partial charge in [0.2, 0.25) is 0 Å². The number of carboxylic acid groups (broad SMARTS) is 1. The molecule has 0 saturated heterocycles. The number of carbonyl (C=O) groups excluding carboxylic acids is 1. The molecule has 0 aromatic heterocycles. The second kappa shape index (κ2) is 6.45. The van der Waals surface area contributed by atoms with Crippen molar-refractivity contribution < 1.29 is 19.6 Å². The fourth-order valence-corrected chi connectivity index (χ4v) is 1.85. The Bertz CT molecular complexity index is 762. The number of hydrogen-bond donors (Lipinski definition) is 1. The minimum atomic E-state index is -1.17. The molecule has 110 valence electrons. The summed E-state index contributed by atoms with van der Waals surface area (Å²) in [6.45, 7) is 0. The molecule has 6 heteroatoms. The molecule has 0 aliphatic rings. The molecule has 2 rings (SSSR count). The van der Waals surface area contributed by atoms with Gasteiger partial charge in [-0.2, -0.15) is 0 Å². The van der Waals surface area contributed by atoms with Crippen LogP contribution in [0, 0.1) is 10.1 Å². The number of nitro groups is 1. The fraction of sp³-hybridized carbons (Fsp3) is 0. The van der Waals surface area contributed by atoms with Crippen LogP contribution in [0.2, 0.25) is 0 Å². The highest BCUT2D eigenvalue weighted by molar-refractivity contribution is 6.12. The molecule has 0 aliphatic carbocycles. The van der Waals surface area contributed by atoms with Gasteiger partial charge in [0.15, 0.2) is 5.78 Å². The summed E-state index contributed by atoms with van der Waals surface area (Å²) >= 11 is 0.